The summed E-state index contributed by atoms with van der Waals surface area (Å²) in [6.45, 7) is 5.50. The van der Waals surface area contributed by atoms with E-state index in [0.29, 0.717) is 13.0 Å². The molecule has 3 N–H and O–H groups in total. The molecule has 0 aliphatic carbocycles. The van der Waals surface area contributed by atoms with Crippen molar-refractivity contribution in [2.24, 2.45) is 4.99 Å². The minimum absolute atomic E-state index is 0. The lowest BCUT2D eigenvalue weighted by atomic mass is 10.1. The van der Waals surface area contributed by atoms with Crippen molar-refractivity contribution in [3.05, 3.63) is 65.7 Å². The van der Waals surface area contributed by atoms with Gasteiger partial charge in [-0.05, 0) is 29.7 Å². The van der Waals surface area contributed by atoms with E-state index in [1.165, 1.54) is 5.56 Å². The summed E-state index contributed by atoms with van der Waals surface area (Å²) >= 11 is 0. The fraction of sp³-hybridized carbons (Fsp3) is 0.417. The number of aliphatic imine (C=N–C) groups is 1. The summed E-state index contributed by atoms with van der Waals surface area (Å²) in [4.78, 5) is 18.8. The molecule has 32 heavy (non-hydrogen) atoms. The Morgan fingerprint density at radius 2 is 1.78 bits per heavy atom. The van der Waals surface area contributed by atoms with Gasteiger partial charge in [-0.3, -0.25) is 14.7 Å². The normalized spacial score (nSPS) is 14.3. The predicted molar refractivity (Wildman–Crippen MR) is 141 cm³/mol. The quantitative estimate of drug-likeness (QED) is 0.254. The molecule has 1 heterocycles. The first-order valence-corrected chi connectivity index (χ1v) is 10.9. The molecule has 2 aromatic carbocycles. The number of nitrogens with one attached hydrogen (secondary N) is 3. The molecule has 1 aliphatic rings. The fourth-order valence-corrected chi connectivity index (χ4v) is 3.44. The average molecular weight is 551 g/mol. The lowest BCUT2D eigenvalue weighted by Crippen LogP contribution is -2.38. The van der Waals surface area contributed by atoms with Crippen LogP contribution in [0.25, 0.3) is 0 Å². The first kappa shape index (κ1) is 26.1. The summed E-state index contributed by atoms with van der Waals surface area (Å²) in [5.74, 6) is 0.797. The molecule has 1 fully saturated rings. The third-order valence-electron chi connectivity index (χ3n) is 5.20. The maximum atomic E-state index is 12.3. The van der Waals surface area contributed by atoms with Crippen molar-refractivity contribution in [1.82, 2.24) is 15.5 Å². The molecule has 1 aliphatic heterocycles. The summed E-state index contributed by atoms with van der Waals surface area (Å²) < 4.78 is 5.34. The van der Waals surface area contributed by atoms with E-state index in [1.54, 1.807) is 7.05 Å². The highest BCUT2D eigenvalue weighted by atomic mass is 127. The van der Waals surface area contributed by atoms with E-state index in [4.69, 9.17) is 4.74 Å². The summed E-state index contributed by atoms with van der Waals surface area (Å²) in [5.41, 5.74) is 3.19. The van der Waals surface area contributed by atoms with E-state index in [2.05, 4.69) is 50.1 Å². The zero-order valence-corrected chi connectivity index (χ0v) is 21.0. The van der Waals surface area contributed by atoms with Crippen LogP contribution in [-0.2, 0) is 22.5 Å². The maximum absolute atomic E-state index is 12.3. The van der Waals surface area contributed by atoms with Gasteiger partial charge in [0.1, 0.15) is 0 Å². The number of morpholine rings is 1. The number of hydrogen-bond acceptors (Lipinski definition) is 4. The van der Waals surface area contributed by atoms with Crippen molar-refractivity contribution in [2.45, 2.75) is 19.4 Å². The molecular weight excluding hydrogens is 517 g/mol. The van der Waals surface area contributed by atoms with Crippen LogP contribution >= 0.6 is 24.0 Å². The van der Waals surface area contributed by atoms with Crippen molar-refractivity contribution in [3.8, 4) is 0 Å². The van der Waals surface area contributed by atoms with Gasteiger partial charge in [0.05, 0.1) is 13.2 Å². The van der Waals surface area contributed by atoms with Crippen LogP contribution in [0.4, 0.5) is 5.69 Å². The van der Waals surface area contributed by atoms with Crippen LogP contribution in [0.2, 0.25) is 0 Å². The number of anilines is 1. The number of amides is 1. The summed E-state index contributed by atoms with van der Waals surface area (Å²) in [6, 6.07) is 18.3. The second-order valence-electron chi connectivity index (χ2n) is 7.54. The SMILES string of the molecule is CN=C(NCCc1ccccc1)NCc1cccc(NC(=O)CCN2CCOCC2)c1.I. The van der Waals surface area contributed by atoms with Gasteiger partial charge in [-0.25, -0.2) is 0 Å². The molecule has 0 atom stereocenters. The monoisotopic (exact) mass is 551 g/mol. The van der Waals surface area contributed by atoms with Gasteiger partial charge in [-0.1, -0.05) is 42.5 Å². The molecule has 1 saturated heterocycles. The molecule has 0 spiro atoms. The Bertz CT molecular complexity index is 841. The highest BCUT2D eigenvalue weighted by molar-refractivity contribution is 14.0. The van der Waals surface area contributed by atoms with E-state index in [9.17, 15) is 4.79 Å². The standard InChI is InChI=1S/C24H33N5O2.HI/c1-25-24(26-12-10-20-6-3-2-4-7-20)27-19-21-8-5-9-22(18-21)28-23(30)11-13-29-14-16-31-17-15-29;/h2-9,18H,10-17,19H2,1H3,(H,28,30)(H2,25,26,27);1H. The number of carbonyl (C=O) groups is 1. The van der Waals surface area contributed by atoms with Crippen molar-refractivity contribution >= 4 is 41.5 Å². The average Bonchev–Trinajstić information content (AvgIpc) is 2.81. The van der Waals surface area contributed by atoms with Crippen LogP contribution < -0.4 is 16.0 Å². The van der Waals surface area contributed by atoms with Gasteiger partial charge in [-0.2, -0.15) is 0 Å². The van der Waals surface area contributed by atoms with Gasteiger partial charge in [0, 0.05) is 51.9 Å². The summed E-state index contributed by atoms with van der Waals surface area (Å²) in [5, 5.41) is 9.67. The molecule has 0 aromatic heterocycles. The summed E-state index contributed by atoms with van der Waals surface area (Å²) in [7, 11) is 1.77. The number of benzene rings is 2. The molecule has 0 unspecified atom stereocenters. The fourth-order valence-electron chi connectivity index (χ4n) is 3.44. The van der Waals surface area contributed by atoms with Gasteiger partial charge in [0.25, 0.3) is 0 Å². The number of ether oxygens (including phenoxy) is 1. The lowest BCUT2D eigenvalue weighted by Gasteiger charge is -2.26. The molecule has 0 saturated carbocycles. The Balaban J connectivity index is 0.00000363. The first-order valence-electron chi connectivity index (χ1n) is 10.9. The smallest absolute Gasteiger partial charge is 0.225 e. The third kappa shape index (κ3) is 9.54. The first-order chi connectivity index (χ1) is 15.2. The topological polar surface area (TPSA) is 78.0 Å². The van der Waals surface area contributed by atoms with E-state index in [1.807, 2.05) is 30.3 Å². The number of nitrogens with zero attached hydrogens (tertiary/aromatic N) is 2. The van der Waals surface area contributed by atoms with E-state index >= 15 is 0 Å². The van der Waals surface area contributed by atoms with Crippen LogP contribution in [0.15, 0.2) is 59.6 Å². The molecule has 2 aromatic rings. The number of hydrogen-bond donors (Lipinski definition) is 3. The molecule has 3 rings (SSSR count). The molecule has 174 valence electrons. The van der Waals surface area contributed by atoms with Crippen molar-refractivity contribution in [2.75, 3.05) is 51.8 Å². The highest BCUT2D eigenvalue weighted by Crippen LogP contribution is 2.11. The number of halogens is 1. The highest BCUT2D eigenvalue weighted by Gasteiger charge is 2.12. The van der Waals surface area contributed by atoms with Gasteiger partial charge in [0.15, 0.2) is 5.96 Å². The Hall–Kier alpha value is -2.17. The van der Waals surface area contributed by atoms with E-state index in [-0.39, 0.29) is 29.9 Å². The second-order valence-corrected chi connectivity index (χ2v) is 7.54. The minimum atomic E-state index is 0. The number of guanidine groups is 1. The van der Waals surface area contributed by atoms with Crippen molar-refractivity contribution < 1.29 is 9.53 Å². The Labute approximate surface area is 208 Å². The van der Waals surface area contributed by atoms with Gasteiger partial charge < -0.3 is 20.7 Å². The van der Waals surface area contributed by atoms with Crippen LogP contribution in [-0.4, -0.2) is 63.2 Å². The van der Waals surface area contributed by atoms with Crippen LogP contribution in [0, 0.1) is 0 Å². The minimum Gasteiger partial charge on any atom is -0.379 e. The third-order valence-corrected chi connectivity index (χ3v) is 5.20. The van der Waals surface area contributed by atoms with Gasteiger partial charge in [-0.15, -0.1) is 24.0 Å². The van der Waals surface area contributed by atoms with E-state index < -0.39 is 0 Å². The van der Waals surface area contributed by atoms with Gasteiger partial charge in [0.2, 0.25) is 5.91 Å². The second kappa shape index (κ2) is 14.8. The largest absolute Gasteiger partial charge is 0.379 e. The molecule has 1 amide bonds. The molecular formula is C24H34IN5O2. The molecule has 8 heteroatoms. The maximum Gasteiger partial charge on any atom is 0.225 e. The molecule has 0 radical (unpaired) electrons. The van der Waals surface area contributed by atoms with E-state index in [0.717, 1.165) is 63.0 Å². The Kier molecular flexibility index (Phi) is 12.1. The van der Waals surface area contributed by atoms with Crippen LogP contribution in [0.5, 0.6) is 0 Å². The molecule has 0 bridgehead atoms. The van der Waals surface area contributed by atoms with Crippen LogP contribution in [0.3, 0.4) is 0 Å². The summed E-state index contributed by atoms with van der Waals surface area (Å²) in [6.07, 6.45) is 1.42. The Morgan fingerprint density at radius 3 is 2.53 bits per heavy atom. The predicted octanol–water partition coefficient (Wildman–Crippen LogP) is 2.87. The van der Waals surface area contributed by atoms with Crippen molar-refractivity contribution in [3.63, 3.8) is 0 Å². The molecule has 7 nitrogen and oxygen atoms in total. The lowest BCUT2D eigenvalue weighted by molar-refractivity contribution is -0.116. The Morgan fingerprint density at radius 1 is 1.03 bits per heavy atom. The van der Waals surface area contributed by atoms with Crippen LogP contribution in [0.1, 0.15) is 17.5 Å². The zero-order chi connectivity index (χ0) is 21.7. The number of rotatable bonds is 9. The zero-order valence-electron chi connectivity index (χ0n) is 18.7. The van der Waals surface area contributed by atoms with Crippen molar-refractivity contribution in [1.29, 1.82) is 0 Å². The number of carbonyl (C=O) groups excluding carboxylic acids is 1. The van der Waals surface area contributed by atoms with Gasteiger partial charge >= 0.3 is 0 Å².